The summed E-state index contributed by atoms with van der Waals surface area (Å²) in [6.45, 7) is 0. The fourth-order valence-corrected chi connectivity index (χ4v) is 3.14. The molecule has 1 aromatic heterocycles. The first-order valence-electron chi connectivity index (χ1n) is 6.40. The topological polar surface area (TPSA) is 30.7 Å². The average Bonchev–Trinajstić information content (AvgIpc) is 2.82. The van der Waals surface area contributed by atoms with Crippen LogP contribution in [0.25, 0.3) is 0 Å². The summed E-state index contributed by atoms with van der Waals surface area (Å²) in [6.07, 6.45) is 9.15. The second-order valence-corrected chi connectivity index (χ2v) is 5.33. The van der Waals surface area contributed by atoms with Crippen LogP contribution in [0.15, 0.2) is 0 Å². The molecule has 0 N–H and O–H groups in total. The van der Waals surface area contributed by atoms with Crippen molar-refractivity contribution in [3.05, 3.63) is 11.4 Å². The molecule has 2 fully saturated rings. The first kappa shape index (κ1) is 10.6. The van der Waals surface area contributed by atoms with Gasteiger partial charge < -0.3 is 0 Å². The Hall–Kier alpha value is -0.570. The lowest BCUT2D eigenvalue weighted by molar-refractivity contribution is 0.358. The largest absolute Gasteiger partial charge is 0.246 e. The molecule has 0 aliphatic heterocycles. The normalized spacial score (nSPS) is 22.6. The van der Waals surface area contributed by atoms with Crippen molar-refractivity contribution < 1.29 is 0 Å². The maximum Gasteiger partial charge on any atom is 0.101 e. The second kappa shape index (κ2) is 4.36. The van der Waals surface area contributed by atoms with E-state index in [0.717, 1.165) is 5.69 Å². The van der Waals surface area contributed by atoms with Crippen molar-refractivity contribution in [2.75, 3.05) is 0 Å². The molecule has 2 saturated carbocycles. The Bertz CT molecular complexity index is 364. The van der Waals surface area contributed by atoms with Crippen molar-refractivity contribution in [1.29, 1.82) is 0 Å². The molecule has 1 heterocycles. The minimum Gasteiger partial charge on any atom is -0.246 e. The molecule has 3 nitrogen and oxygen atoms in total. The molecule has 0 spiro atoms. The number of hydrogen-bond donors (Lipinski definition) is 0. The van der Waals surface area contributed by atoms with Crippen LogP contribution in [0.2, 0.25) is 0 Å². The predicted octanol–water partition coefficient (Wildman–Crippen LogP) is 3.40. The lowest BCUT2D eigenvalue weighted by atomic mass is 9.82. The molecule has 16 heavy (non-hydrogen) atoms. The summed E-state index contributed by atoms with van der Waals surface area (Å²) in [7, 11) is 0. The maximum atomic E-state index is 5.96. The third-order valence-corrected chi connectivity index (χ3v) is 4.35. The van der Waals surface area contributed by atoms with Crippen molar-refractivity contribution in [3.8, 4) is 0 Å². The summed E-state index contributed by atoms with van der Waals surface area (Å²) in [5, 5.41) is 8.62. The summed E-state index contributed by atoms with van der Waals surface area (Å²) in [5.74, 6) is 1.20. The van der Waals surface area contributed by atoms with Crippen LogP contribution in [-0.4, -0.2) is 15.0 Å². The highest BCUT2D eigenvalue weighted by Crippen LogP contribution is 2.40. The molecular formula is C12H18ClN3. The molecular weight excluding hydrogens is 222 g/mol. The van der Waals surface area contributed by atoms with E-state index in [4.69, 9.17) is 11.6 Å². The predicted molar refractivity (Wildman–Crippen MR) is 63.7 cm³/mol. The van der Waals surface area contributed by atoms with Crippen LogP contribution in [0.5, 0.6) is 0 Å². The standard InChI is InChI=1S/C12H18ClN3/c13-8-11-12(9-4-3-5-9)16(15-14-11)10-6-1-2-7-10/h9-10H,1-8H2. The van der Waals surface area contributed by atoms with Crippen molar-refractivity contribution in [3.63, 3.8) is 0 Å². The highest BCUT2D eigenvalue weighted by atomic mass is 35.5. The van der Waals surface area contributed by atoms with E-state index < -0.39 is 0 Å². The molecule has 2 aliphatic rings. The molecule has 3 rings (SSSR count). The number of alkyl halides is 1. The summed E-state index contributed by atoms with van der Waals surface area (Å²) >= 11 is 5.96. The zero-order valence-corrected chi connectivity index (χ0v) is 10.3. The monoisotopic (exact) mass is 239 g/mol. The van der Waals surface area contributed by atoms with Gasteiger partial charge in [0.2, 0.25) is 0 Å². The van der Waals surface area contributed by atoms with Gasteiger partial charge in [-0.2, -0.15) is 0 Å². The smallest absolute Gasteiger partial charge is 0.101 e. The Kier molecular flexibility index (Phi) is 2.88. The molecule has 88 valence electrons. The van der Waals surface area contributed by atoms with E-state index in [0.29, 0.717) is 17.8 Å². The summed E-state index contributed by atoms with van der Waals surface area (Å²) in [6, 6.07) is 0.597. The molecule has 2 aliphatic carbocycles. The minimum absolute atomic E-state index is 0.512. The van der Waals surface area contributed by atoms with Crippen LogP contribution in [-0.2, 0) is 5.88 Å². The Balaban J connectivity index is 1.93. The Morgan fingerprint density at radius 1 is 1.12 bits per heavy atom. The Morgan fingerprint density at radius 3 is 2.44 bits per heavy atom. The quantitative estimate of drug-likeness (QED) is 0.757. The fourth-order valence-electron chi connectivity index (χ4n) is 2.95. The Morgan fingerprint density at radius 2 is 1.88 bits per heavy atom. The summed E-state index contributed by atoms with van der Waals surface area (Å²) < 4.78 is 2.20. The fraction of sp³-hybridized carbons (Fsp3) is 0.833. The minimum atomic E-state index is 0.512. The number of halogens is 1. The number of rotatable bonds is 3. The van der Waals surface area contributed by atoms with E-state index in [1.807, 2.05) is 0 Å². The SMILES string of the molecule is ClCc1nnn(C2CCCC2)c1C1CCC1. The lowest BCUT2D eigenvalue weighted by Gasteiger charge is -2.28. The first-order valence-corrected chi connectivity index (χ1v) is 6.93. The zero-order chi connectivity index (χ0) is 11.0. The van der Waals surface area contributed by atoms with E-state index in [2.05, 4.69) is 15.0 Å². The van der Waals surface area contributed by atoms with Crippen molar-refractivity contribution >= 4 is 11.6 Å². The van der Waals surface area contributed by atoms with Gasteiger partial charge >= 0.3 is 0 Å². The molecule has 0 bridgehead atoms. The van der Waals surface area contributed by atoms with E-state index in [1.165, 1.54) is 50.6 Å². The van der Waals surface area contributed by atoms with Gasteiger partial charge in [0, 0.05) is 5.92 Å². The molecule has 4 heteroatoms. The van der Waals surface area contributed by atoms with Gasteiger partial charge in [0.15, 0.2) is 0 Å². The maximum absolute atomic E-state index is 5.96. The van der Waals surface area contributed by atoms with Gasteiger partial charge in [0.25, 0.3) is 0 Å². The van der Waals surface area contributed by atoms with E-state index in [9.17, 15) is 0 Å². The van der Waals surface area contributed by atoms with Crippen molar-refractivity contribution in [1.82, 2.24) is 15.0 Å². The molecule has 0 saturated heterocycles. The van der Waals surface area contributed by atoms with Crippen LogP contribution in [0.4, 0.5) is 0 Å². The summed E-state index contributed by atoms with van der Waals surface area (Å²) in [4.78, 5) is 0. The van der Waals surface area contributed by atoms with Gasteiger partial charge in [-0.25, -0.2) is 4.68 Å². The van der Waals surface area contributed by atoms with Crippen LogP contribution < -0.4 is 0 Å². The Labute approximate surface area is 101 Å². The first-order chi connectivity index (χ1) is 7.90. The zero-order valence-electron chi connectivity index (χ0n) is 9.53. The molecule has 1 aromatic rings. The number of hydrogen-bond acceptors (Lipinski definition) is 2. The highest BCUT2D eigenvalue weighted by molar-refractivity contribution is 6.16. The molecule has 0 aromatic carbocycles. The highest BCUT2D eigenvalue weighted by Gasteiger charge is 2.30. The van der Waals surface area contributed by atoms with Gasteiger partial charge in [0.1, 0.15) is 5.69 Å². The molecule has 0 unspecified atom stereocenters. The number of nitrogens with zero attached hydrogens (tertiary/aromatic N) is 3. The van der Waals surface area contributed by atoms with Crippen LogP contribution in [0, 0.1) is 0 Å². The van der Waals surface area contributed by atoms with Crippen LogP contribution in [0.3, 0.4) is 0 Å². The van der Waals surface area contributed by atoms with E-state index in [1.54, 1.807) is 0 Å². The summed E-state index contributed by atoms with van der Waals surface area (Å²) in [5.41, 5.74) is 2.38. The van der Waals surface area contributed by atoms with Gasteiger partial charge in [-0.3, -0.25) is 0 Å². The van der Waals surface area contributed by atoms with Crippen LogP contribution in [0.1, 0.15) is 68.3 Å². The molecule has 0 radical (unpaired) electrons. The third kappa shape index (κ3) is 1.65. The number of aromatic nitrogens is 3. The van der Waals surface area contributed by atoms with Gasteiger partial charge in [0.05, 0.1) is 17.6 Å². The van der Waals surface area contributed by atoms with Crippen LogP contribution >= 0.6 is 11.6 Å². The van der Waals surface area contributed by atoms with E-state index >= 15 is 0 Å². The molecule has 0 amide bonds. The van der Waals surface area contributed by atoms with Gasteiger partial charge in [-0.15, -0.1) is 16.7 Å². The van der Waals surface area contributed by atoms with Gasteiger partial charge in [-0.05, 0) is 25.7 Å². The van der Waals surface area contributed by atoms with E-state index in [-0.39, 0.29) is 0 Å². The van der Waals surface area contributed by atoms with Gasteiger partial charge in [-0.1, -0.05) is 24.5 Å². The lowest BCUT2D eigenvalue weighted by Crippen LogP contribution is -2.19. The third-order valence-electron chi connectivity index (χ3n) is 4.09. The molecule has 0 atom stereocenters. The van der Waals surface area contributed by atoms with Crippen molar-refractivity contribution in [2.45, 2.75) is 62.8 Å². The average molecular weight is 240 g/mol. The van der Waals surface area contributed by atoms with Crippen molar-refractivity contribution in [2.24, 2.45) is 0 Å². The second-order valence-electron chi connectivity index (χ2n) is 5.07.